The van der Waals surface area contributed by atoms with Gasteiger partial charge in [-0.3, -0.25) is 4.79 Å². The Balaban J connectivity index is 2.47. The van der Waals surface area contributed by atoms with Gasteiger partial charge in [-0.15, -0.1) is 0 Å². The van der Waals surface area contributed by atoms with Crippen LogP contribution < -0.4 is 10.5 Å². The summed E-state index contributed by atoms with van der Waals surface area (Å²) in [5.74, 6) is 0.480. The highest BCUT2D eigenvalue weighted by molar-refractivity contribution is 9.10. The lowest BCUT2D eigenvalue weighted by Crippen LogP contribution is -2.04. The highest BCUT2D eigenvalue weighted by atomic mass is 79.9. The SMILES string of the molecule is COc1ccc(C(=O)c2cccc(N)c2Cl)c(Br)c1. The summed E-state index contributed by atoms with van der Waals surface area (Å²) in [6.07, 6.45) is 0. The summed E-state index contributed by atoms with van der Waals surface area (Å²) >= 11 is 9.42. The molecule has 0 saturated carbocycles. The van der Waals surface area contributed by atoms with Gasteiger partial charge in [0.2, 0.25) is 0 Å². The fourth-order valence-electron chi connectivity index (χ4n) is 1.68. The van der Waals surface area contributed by atoms with Crippen molar-refractivity contribution in [2.75, 3.05) is 12.8 Å². The predicted octanol–water partition coefficient (Wildman–Crippen LogP) is 3.92. The van der Waals surface area contributed by atoms with E-state index in [-0.39, 0.29) is 10.8 Å². The Morgan fingerprint density at radius 2 is 2.00 bits per heavy atom. The van der Waals surface area contributed by atoms with Gasteiger partial charge in [-0.1, -0.05) is 17.7 Å². The fraction of sp³-hybridized carbons (Fsp3) is 0.0714. The number of benzene rings is 2. The van der Waals surface area contributed by atoms with Gasteiger partial charge < -0.3 is 10.5 Å². The van der Waals surface area contributed by atoms with Crippen molar-refractivity contribution < 1.29 is 9.53 Å². The van der Waals surface area contributed by atoms with Crippen LogP contribution in [0.25, 0.3) is 0 Å². The van der Waals surface area contributed by atoms with E-state index in [9.17, 15) is 4.79 Å². The molecule has 0 atom stereocenters. The quantitative estimate of drug-likeness (QED) is 0.680. The molecule has 0 aliphatic carbocycles. The Hall–Kier alpha value is -1.52. The van der Waals surface area contributed by atoms with Gasteiger partial charge in [0.25, 0.3) is 0 Å². The van der Waals surface area contributed by atoms with Crippen LogP contribution in [0.1, 0.15) is 15.9 Å². The average Bonchev–Trinajstić information content (AvgIpc) is 2.41. The first-order chi connectivity index (χ1) is 9.04. The van der Waals surface area contributed by atoms with Crippen LogP contribution in [0.3, 0.4) is 0 Å². The van der Waals surface area contributed by atoms with Crippen LogP contribution in [-0.4, -0.2) is 12.9 Å². The van der Waals surface area contributed by atoms with Gasteiger partial charge >= 0.3 is 0 Å². The van der Waals surface area contributed by atoms with E-state index in [1.165, 1.54) is 0 Å². The third kappa shape index (κ3) is 2.74. The maximum absolute atomic E-state index is 12.4. The van der Waals surface area contributed by atoms with Gasteiger partial charge in [0, 0.05) is 15.6 Å². The zero-order valence-electron chi connectivity index (χ0n) is 10.1. The molecule has 0 aliphatic heterocycles. The van der Waals surface area contributed by atoms with E-state index >= 15 is 0 Å². The topological polar surface area (TPSA) is 52.3 Å². The average molecular weight is 341 g/mol. The number of nitrogens with two attached hydrogens (primary N) is 1. The van der Waals surface area contributed by atoms with E-state index < -0.39 is 0 Å². The zero-order valence-corrected chi connectivity index (χ0v) is 12.5. The number of carbonyl (C=O) groups is 1. The number of hydrogen-bond acceptors (Lipinski definition) is 3. The Morgan fingerprint density at radius 1 is 1.26 bits per heavy atom. The Kier molecular flexibility index (Phi) is 4.12. The molecule has 0 heterocycles. The number of hydrogen-bond donors (Lipinski definition) is 1. The first-order valence-electron chi connectivity index (χ1n) is 5.47. The molecule has 2 N–H and O–H groups in total. The van der Waals surface area contributed by atoms with Crippen LogP contribution in [0.15, 0.2) is 40.9 Å². The number of nitrogen functional groups attached to an aromatic ring is 1. The van der Waals surface area contributed by atoms with Gasteiger partial charge in [0.05, 0.1) is 17.8 Å². The van der Waals surface area contributed by atoms with Gasteiger partial charge in [-0.05, 0) is 46.3 Å². The number of rotatable bonds is 3. The summed E-state index contributed by atoms with van der Waals surface area (Å²) in [6.45, 7) is 0. The molecule has 98 valence electrons. The predicted molar refractivity (Wildman–Crippen MR) is 80.0 cm³/mol. The monoisotopic (exact) mass is 339 g/mol. The van der Waals surface area contributed by atoms with Gasteiger partial charge in [-0.2, -0.15) is 0 Å². The van der Waals surface area contributed by atoms with Crippen molar-refractivity contribution in [1.82, 2.24) is 0 Å². The van der Waals surface area contributed by atoms with Crippen LogP contribution >= 0.6 is 27.5 Å². The maximum atomic E-state index is 12.4. The summed E-state index contributed by atoms with van der Waals surface area (Å²) in [6, 6.07) is 10.1. The van der Waals surface area contributed by atoms with Crippen LogP contribution in [-0.2, 0) is 0 Å². The molecule has 0 aliphatic rings. The van der Waals surface area contributed by atoms with Crippen molar-refractivity contribution in [1.29, 1.82) is 0 Å². The number of carbonyl (C=O) groups excluding carboxylic acids is 1. The number of ether oxygens (including phenoxy) is 1. The lowest BCUT2D eigenvalue weighted by molar-refractivity contribution is 0.103. The number of halogens is 2. The lowest BCUT2D eigenvalue weighted by atomic mass is 10.0. The summed E-state index contributed by atoms with van der Waals surface area (Å²) in [7, 11) is 1.57. The third-order valence-electron chi connectivity index (χ3n) is 2.69. The van der Waals surface area contributed by atoms with Gasteiger partial charge in [-0.25, -0.2) is 0 Å². The van der Waals surface area contributed by atoms with E-state index in [1.807, 2.05) is 0 Å². The largest absolute Gasteiger partial charge is 0.497 e. The van der Waals surface area contributed by atoms with Crippen LogP contribution in [0.2, 0.25) is 5.02 Å². The minimum absolute atomic E-state index is 0.188. The maximum Gasteiger partial charge on any atom is 0.195 e. The molecule has 0 amide bonds. The molecular formula is C14H11BrClNO2. The van der Waals surface area contributed by atoms with E-state index in [0.717, 1.165) is 0 Å². The number of methoxy groups -OCH3 is 1. The molecule has 0 saturated heterocycles. The minimum atomic E-state index is -0.188. The molecule has 2 aromatic carbocycles. The van der Waals surface area contributed by atoms with Crippen molar-refractivity contribution in [2.24, 2.45) is 0 Å². The van der Waals surface area contributed by atoms with Crippen LogP contribution in [0, 0.1) is 0 Å². The molecule has 3 nitrogen and oxygen atoms in total. The molecular weight excluding hydrogens is 330 g/mol. The molecule has 19 heavy (non-hydrogen) atoms. The fourth-order valence-corrected chi connectivity index (χ4v) is 2.43. The van der Waals surface area contributed by atoms with E-state index in [0.29, 0.717) is 27.0 Å². The Morgan fingerprint density at radius 3 is 2.63 bits per heavy atom. The molecule has 0 aromatic heterocycles. The summed E-state index contributed by atoms with van der Waals surface area (Å²) < 4.78 is 5.74. The number of ketones is 1. The van der Waals surface area contributed by atoms with Crippen molar-refractivity contribution in [3.05, 3.63) is 57.0 Å². The zero-order chi connectivity index (χ0) is 14.0. The normalized spacial score (nSPS) is 10.3. The van der Waals surface area contributed by atoms with Crippen molar-refractivity contribution in [3.63, 3.8) is 0 Å². The lowest BCUT2D eigenvalue weighted by Gasteiger charge is -2.08. The second kappa shape index (κ2) is 5.63. The molecule has 0 fully saturated rings. The smallest absolute Gasteiger partial charge is 0.195 e. The van der Waals surface area contributed by atoms with Gasteiger partial charge in [0.15, 0.2) is 5.78 Å². The van der Waals surface area contributed by atoms with Crippen molar-refractivity contribution >= 4 is 39.0 Å². The standard InChI is InChI=1S/C14H11BrClNO2/c1-19-8-5-6-9(11(15)7-8)14(18)10-3-2-4-12(17)13(10)16/h2-7H,17H2,1H3. The second-order valence-electron chi connectivity index (χ2n) is 3.88. The first-order valence-corrected chi connectivity index (χ1v) is 6.64. The molecule has 0 bridgehead atoms. The minimum Gasteiger partial charge on any atom is -0.497 e. The van der Waals surface area contributed by atoms with E-state index in [2.05, 4.69) is 15.9 Å². The molecule has 0 radical (unpaired) electrons. The summed E-state index contributed by atoms with van der Waals surface area (Å²) in [5, 5.41) is 0.273. The van der Waals surface area contributed by atoms with Crippen LogP contribution in [0.5, 0.6) is 5.75 Å². The van der Waals surface area contributed by atoms with Gasteiger partial charge in [0.1, 0.15) is 5.75 Å². The van der Waals surface area contributed by atoms with Crippen molar-refractivity contribution in [3.8, 4) is 5.75 Å². The molecule has 5 heteroatoms. The van der Waals surface area contributed by atoms with Crippen LogP contribution in [0.4, 0.5) is 5.69 Å². The molecule has 2 aromatic rings. The molecule has 0 unspecified atom stereocenters. The Labute approximate surface area is 124 Å². The third-order valence-corrected chi connectivity index (χ3v) is 3.77. The second-order valence-corrected chi connectivity index (χ2v) is 5.12. The first kappa shape index (κ1) is 13.9. The molecule has 0 spiro atoms. The summed E-state index contributed by atoms with van der Waals surface area (Å²) in [4.78, 5) is 12.4. The molecule has 2 rings (SSSR count). The Bertz CT molecular complexity index is 643. The van der Waals surface area contributed by atoms with Crippen molar-refractivity contribution in [2.45, 2.75) is 0 Å². The highest BCUT2D eigenvalue weighted by Crippen LogP contribution is 2.29. The van der Waals surface area contributed by atoms with E-state index in [1.54, 1.807) is 43.5 Å². The van der Waals surface area contributed by atoms with E-state index in [4.69, 9.17) is 22.1 Å². The summed E-state index contributed by atoms with van der Waals surface area (Å²) in [5.41, 5.74) is 6.98. The highest BCUT2D eigenvalue weighted by Gasteiger charge is 2.17. The number of anilines is 1.